The summed E-state index contributed by atoms with van der Waals surface area (Å²) >= 11 is 0. The Bertz CT molecular complexity index is 1290. The van der Waals surface area contributed by atoms with Gasteiger partial charge in [-0.3, -0.25) is 4.79 Å². The molecule has 0 spiro atoms. The highest BCUT2D eigenvalue weighted by Gasteiger charge is 2.28. The summed E-state index contributed by atoms with van der Waals surface area (Å²) in [5.74, 6) is 0.150. The van der Waals surface area contributed by atoms with Crippen LogP contribution in [-0.4, -0.2) is 51.3 Å². The number of ether oxygens (including phenoxy) is 1. The third-order valence-corrected chi connectivity index (χ3v) is 6.58. The Morgan fingerprint density at radius 1 is 0.865 bits per heavy atom. The smallest absolute Gasteiger partial charge is 0.323 e. The van der Waals surface area contributed by atoms with Crippen molar-refractivity contribution in [1.82, 2.24) is 5.32 Å². The Hall–Kier alpha value is -4.27. The fourth-order valence-corrected chi connectivity index (χ4v) is 4.49. The molecule has 2 aliphatic rings. The molecule has 0 radical (unpaired) electrons. The van der Waals surface area contributed by atoms with Gasteiger partial charge in [-0.15, -0.1) is 0 Å². The molecule has 1 saturated heterocycles. The van der Waals surface area contributed by atoms with Gasteiger partial charge in [0.2, 0.25) is 0 Å². The van der Waals surface area contributed by atoms with E-state index >= 15 is 0 Å². The lowest BCUT2D eigenvalue weighted by molar-refractivity contribution is 0.0951. The number of rotatable bonds is 7. The normalized spacial score (nSPS) is 15.2. The third kappa shape index (κ3) is 5.77. The van der Waals surface area contributed by atoms with Gasteiger partial charge in [-0.1, -0.05) is 24.3 Å². The first-order valence-corrected chi connectivity index (χ1v) is 12.4. The van der Waals surface area contributed by atoms with Gasteiger partial charge in [0.15, 0.2) is 0 Å². The van der Waals surface area contributed by atoms with Gasteiger partial charge in [-0.2, -0.15) is 0 Å². The molecule has 9 heteroatoms. The maximum absolute atomic E-state index is 13.9. The Labute approximate surface area is 215 Å². The average molecular weight is 504 g/mol. The van der Waals surface area contributed by atoms with Gasteiger partial charge in [-0.25, -0.2) is 9.18 Å². The number of nitrogens with zero attached hydrogens (tertiary/aromatic N) is 2. The Kier molecular flexibility index (Phi) is 7.11. The predicted molar refractivity (Wildman–Crippen MR) is 143 cm³/mol. The van der Waals surface area contributed by atoms with Crippen molar-refractivity contribution in [3.05, 3.63) is 78.1 Å². The number of carbonyl (C=O) groups excluding carboxylic acids is 2. The van der Waals surface area contributed by atoms with E-state index in [1.165, 1.54) is 12.1 Å². The van der Waals surface area contributed by atoms with Crippen molar-refractivity contribution >= 4 is 34.7 Å². The van der Waals surface area contributed by atoms with E-state index in [1.54, 1.807) is 31.4 Å². The molecule has 1 heterocycles. The Morgan fingerprint density at radius 3 is 2.24 bits per heavy atom. The van der Waals surface area contributed by atoms with Crippen LogP contribution in [0.5, 0.6) is 5.75 Å². The fourth-order valence-electron chi connectivity index (χ4n) is 4.49. The van der Waals surface area contributed by atoms with Crippen molar-refractivity contribution in [2.45, 2.75) is 18.9 Å². The van der Waals surface area contributed by atoms with Crippen LogP contribution >= 0.6 is 0 Å². The van der Waals surface area contributed by atoms with Crippen LogP contribution in [0.4, 0.5) is 31.9 Å². The molecule has 8 nitrogen and oxygen atoms in total. The molecule has 0 unspecified atom stereocenters. The molecule has 3 N–H and O–H groups in total. The number of hydrogen-bond donors (Lipinski definition) is 3. The molecule has 1 aliphatic carbocycles. The van der Waals surface area contributed by atoms with Crippen LogP contribution in [0, 0.1) is 5.82 Å². The van der Waals surface area contributed by atoms with Crippen LogP contribution in [0.25, 0.3) is 0 Å². The Balaban J connectivity index is 1.32. The number of piperazine rings is 1. The summed E-state index contributed by atoms with van der Waals surface area (Å²) in [5.41, 5.74) is 2.90. The zero-order chi connectivity index (χ0) is 25.8. The number of nitrogens with one attached hydrogen (secondary N) is 3. The zero-order valence-electron chi connectivity index (χ0n) is 20.7. The molecule has 2 fully saturated rings. The lowest BCUT2D eigenvalue weighted by Crippen LogP contribution is -2.47. The minimum Gasteiger partial charge on any atom is -0.495 e. The number of amides is 3. The third-order valence-electron chi connectivity index (χ3n) is 6.58. The maximum atomic E-state index is 13.9. The van der Waals surface area contributed by atoms with Gasteiger partial charge in [0.05, 0.1) is 24.0 Å². The van der Waals surface area contributed by atoms with Crippen molar-refractivity contribution in [2.24, 2.45) is 0 Å². The first-order valence-electron chi connectivity index (χ1n) is 12.4. The van der Waals surface area contributed by atoms with E-state index in [-0.39, 0.29) is 17.6 Å². The molecule has 37 heavy (non-hydrogen) atoms. The number of benzene rings is 3. The van der Waals surface area contributed by atoms with Crippen LogP contribution in [0.3, 0.4) is 0 Å². The molecular weight excluding hydrogens is 473 g/mol. The number of hydrogen-bond acceptors (Lipinski definition) is 5. The van der Waals surface area contributed by atoms with E-state index in [0.29, 0.717) is 11.3 Å². The molecule has 1 aliphatic heterocycles. The van der Waals surface area contributed by atoms with Crippen molar-refractivity contribution in [3.8, 4) is 5.75 Å². The first-order chi connectivity index (χ1) is 18.0. The van der Waals surface area contributed by atoms with Gasteiger partial charge in [0.25, 0.3) is 5.91 Å². The maximum Gasteiger partial charge on any atom is 0.323 e. The average Bonchev–Trinajstić information content (AvgIpc) is 3.74. The SMILES string of the molecule is COc1ccccc1N1CCN(c2ccc(NC(=O)Nc3ccccc3F)cc2C(=O)NC2CC2)CC1. The number of halogens is 1. The van der Waals surface area contributed by atoms with E-state index < -0.39 is 11.8 Å². The van der Waals surface area contributed by atoms with E-state index in [2.05, 4.69) is 31.8 Å². The van der Waals surface area contributed by atoms with Gasteiger partial charge >= 0.3 is 6.03 Å². The Morgan fingerprint density at radius 2 is 1.54 bits per heavy atom. The standard InChI is InChI=1S/C28H30FN5O3/c1-37-26-9-5-4-8-25(26)34-16-14-33(15-17-34)24-13-12-20(18-21(24)27(35)30-19-10-11-19)31-28(36)32-23-7-3-2-6-22(23)29/h2-9,12-13,18-19H,10-11,14-17H2,1H3,(H,30,35)(H2,31,32,36). The summed E-state index contributed by atoms with van der Waals surface area (Å²) in [4.78, 5) is 30.1. The van der Waals surface area contributed by atoms with Crippen molar-refractivity contribution in [1.29, 1.82) is 0 Å². The number of carbonyl (C=O) groups is 2. The summed E-state index contributed by atoms with van der Waals surface area (Å²) in [6.45, 7) is 2.99. The molecular formula is C28H30FN5O3. The van der Waals surface area contributed by atoms with E-state index in [0.717, 1.165) is 56.1 Å². The highest BCUT2D eigenvalue weighted by molar-refractivity contribution is 6.04. The van der Waals surface area contributed by atoms with Gasteiger partial charge < -0.3 is 30.5 Å². The fraction of sp³-hybridized carbons (Fsp3) is 0.286. The van der Waals surface area contributed by atoms with Crippen molar-refractivity contribution in [2.75, 3.05) is 53.7 Å². The zero-order valence-corrected chi connectivity index (χ0v) is 20.7. The summed E-state index contributed by atoms with van der Waals surface area (Å²) in [6.07, 6.45) is 1.95. The molecule has 0 bridgehead atoms. The minimum atomic E-state index is -0.586. The monoisotopic (exact) mass is 503 g/mol. The number of para-hydroxylation sites is 3. The van der Waals surface area contributed by atoms with Crippen LogP contribution in [0.1, 0.15) is 23.2 Å². The van der Waals surface area contributed by atoms with Crippen molar-refractivity contribution in [3.63, 3.8) is 0 Å². The van der Waals surface area contributed by atoms with Gasteiger partial charge in [-0.05, 0) is 55.3 Å². The number of urea groups is 1. The number of methoxy groups -OCH3 is 1. The van der Waals surface area contributed by atoms with Gasteiger partial charge in [0, 0.05) is 43.6 Å². The summed E-state index contributed by atoms with van der Waals surface area (Å²) in [5, 5.41) is 8.28. The van der Waals surface area contributed by atoms with Crippen LogP contribution in [0.15, 0.2) is 66.7 Å². The second kappa shape index (κ2) is 10.8. The second-order valence-electron chi connectivity index (χ2n) is 9.18. The lowest BCUT2D eigenvalue weighted by Gasteiger charge is -2.38. The quantitative estimate of drug-likeness (QED) is 0.435. The molecule has 1 saturated carbocycles. The predicted octanol–water partition coefficient (Wildman–Crippen LogP) is 4.70. The van der Waals surface area contributed by atoms with E-state index in [9.17, 15) is 14.0 Å². The van der Waals surface area contributed by atoms with Crippen LogP contribution < -0.4 is 30.5 Å². The highest BCUT2D eigenvalue weighted by Crippen LogP contribution is 2.31. The van der Waals surface area contributed by atoms with Gasteiger partial charge in [0.1, 0.15) is 11.6 Å². The number of anilines is 4. The second-order valence-corrected chi connectivity index (χ2v) is 9.18. The summed E-state index contributed by atoms with van der Waals surface area (Å²) < 4.78 is 19.4. The highest BCUT2D eigenvalue weighted by atomic mass is 19.1. The van der Waals surface area contributed by atoms with E-state index in [1.807, 2.05) is 24.3 Å². The lowest BCUT2D eigenvalue weighted by atomic mass is 10.1. The first kappa shape index (κ1) is 24.4. The van der Waals surface area contributed by atoms with E-state index in [4.69, 9.17) is 4.74 Å². The topological polar surface area (TPSA) is 85.9 Å². The molecule has 3 amide bonds. The molecule has 5 rings (SSSR count). The summed E-state index contributed by atoms with van der Waals surface area (Å²) in [7, 11) is 1.67. The largest absolute Gasteiger partial charge is 0.495 e. The van der Waals surface area contributed by atoms with Crippen LogP contribution in [0.2, 0.25) is 0 Å². The molecule has 3 aromatic carbocycles. The van der Waals surface area contributed by atoms with Crippen LogP contribution in [-0.2, 0) is 0 Å². The molecule has 0 atom stereocenters. The minimum absolute atomic E-state index is 0.0798. The molecule has 192 valence electrons. The van der Waals surface area contributed by atoms with Crippen molar-refractivity contribution < 1.29 is 18.7 Å². The summed E-state index contributed by atoms with van der Waals surface area (Å²) in [6, 6.07) is 18.8. The molecule has 3 aromatic rings. The molecule has 0 aromatic heterocycles.